The lowest BCUT2D eigenvalue weighted by Gasteiger charge is -2.25. The predicted molar refractivity (Wildman–Crippen MR) is 119 cm³/mol. The van der Waals surface area contributed by atoms with Crippen molar-refractivity contribution in [2.24, 2.45) is 0 Å². The summed E-state index contributed by atoms with van der Waals surface area (Å²) in [5.74, 6) is 0.910. The largest absolute Gasteiger partial charge is 0.493 e. The first-order valence-electron chi connectivity index (χ1n) is 9.94. The van der Waals surface area contributed by atoms with E-state index < -0.39 is 10.0 Å². The molecule has 7 nitrogen and oxygen atoms in total. The molecular weight excluding hydrogens is 416 g/mol. The average Bonchev–Trinajstić information content (AvgIpc) is 3.00. The summed E-state index contributed by atoms with van der Waals surface area (Å²) in [6.07, 6.45) is 0. The van der Waals surface area contributed by atoms with Crippen LogP contribution >= 0.6 is 0 Å². The molecule has 1 aliphatic rings. The number of amides is 1. The van der Waals surface area contributed by atoms with Crippen LogP contribution in [-0.2, 0) is 21.4 Å². The van der Waals surface area contributed by atoms with Crippen LogP contribution < -0.4 is 13.8 Å². The molecule has 0 fully saturated rings. The first-order valence-corrected chi connectivity index (χ1v) is 11.4. The van der Waals surface area contributed by atoms with Gasteiger partial charge in [0.1, 0.15) is 6.54 Å². The van der Waals surface area contributed by atoms with Gasteiger partial charge in [0.25, 0.3) is 10.0 Å². The Balaban J connectivity index is 1.60. The van der Waals surface area contributed by atoms with Crippen LogP contribution in [0.2, 0.25) is 0 Å². The van der Waals surface area contributed by atoms with Gasteiger partial charge < -0.3 is 14.4 Å². The molecule has 162 valence electrons. The molecular formula is C23H24N2O5S. The maximum atomic E-state index is 13.1. The second kappa shape index (κ2) is 8.11. The van der Waals surface area contributed by atoms with Crippen LogP contribution in [0.3, 0.4) is 0 Å². The Labute approximate surface area is 181 Å². The molecule has 8 heteroatoms. The minimum Gasteiger partial charge on any atom is -0.493 e. The molecule has 0 N–H and O–H groups in total. The first-order chi connectivity index (χ1) is 14.9. The van der Waals surface area contributed by atoms with Crippen LogP contribution in [0.5, 0.6) is 11.5 Å². The summed E-state index contributed by atoms with van der Waals surface area (Å²) in [6, 6.07) is 16.1. The van der Waals surface area contributed by atoms with E-state index in [1.165, 1.54) is 4.31 Å². The number of nitrogens with zero attached hydrogens (tertiary/aromatic N) is 2. The Morgan fingerprint density at radius 3 is 2.39 bits per heavy atom. The van der Waals surface area contributed by atoms with Gasteiger partial charge in [0.2, 0.25) is 5.91 Å². The predicted octanol–water partition coefficient (Wildman–Crippen LogP) is 3.41. The van der Waals surface area contributed by atoms with E-state index in [2.05, 4.69) is 0 Å². The molecule has 0 unspecified atom stereocenters. The zero-order valence-corrected chi connectivity index (χ0v) is 18.5. The fourth-order valence-electron chi connectivity index (χ4n) is 3.93. The number of rotatable bonds is 7. The molecule has 4 rings (SSSR count). The molecule has 31 heavy (non-hydrogen) atoms. The zero-order valence-electron chi connectivity index (χ0n) is 17.7. The molecule has 3 aromatic rings. The Morgan fingerprint density at radius 1 is 1.00 bits per heavy atom. The maximum Gasteiger partial charge on any atom is 0.265 e. The van der Waals surface area contributed by atoms with Crippen LogP contribution in [-0.4, -0.2) is 46.5 Å². The van der Waals surface area contributed by atoms with Crippen molar-refractivity contribution in [1.29, 1.82) is 0 Å². The van der Waals surface area contributed by atoms with E-state index >= 15 is 0 Å². The van der Waals surface area contributed by atoms with Crippen molar-refractivity contribution in [3.63, 3.8) is 0 Å². The number of methoxy groups -OCH3 is 2. The molecule has 0 spiro atoms. The van der Waals surface area contributed by atoms with Crippen LogP contribution in [0.25, 0.3) is 10.8 Å². The Morgan fingerprint density at radius 2 is 1.71 bits per heavy atom. The highest BCUT2D eigenvalue weighted by atomic mass is 32.2. The molecule has 0 saturated carbocycles. The van der Waals surface area contributed by atoms with Gasteiger partial charge in [-0.3, -0.25) is 9.10 Å². The molecule has 1 heterocycles. The smallest absolute Gasteiger partial charge is 0.265 e. The number of likely N-dealkylation sites (N-methyl/N-ethyl adjacent to an activating group) is 1. The first kappa shape index (κ1) is 21.0. The van der Waals surface area contributed by atoms with Gasteiger partial charge >= 0.3 is 0 Å². The number of benzene rings is 3. The third-order valence-electron chi connectivity index (χ3n) is 5.52. The van der Waals surface area contributed by atoms with Gasteiger partial charge in [0.05, 0.1) is 24.8 Å². The van der Waals surface area contributed by atoms with Gasteiger partial charge in [-0.2, -0.15) is 0 Å². The molecule has 0 aliphatic carbocycles. The number of hydrogen-bond donors (Lipinski definition) is 0. The van der Waals surface area contributed by atoms with E-state index in [4.69, 9.17) is 9.47 Å². The van der Waals surface area contributed by atoms with Crippen LogP contribution in [0, 0.1) is 0 Å². The van der Waals surface area contributed by atoms with E-state index in [1.54, 1.807) is 49.5 Å². The highest BCUT2D eigenvalue weighted by Crippen LogP contribution is 2.41. The lowest BCUT2D eigenvalue weighted by Crippen LogP contribution is -2.41. The molecule has 0 atom stereocenters. The fourth-order valence-corrected chi connectivity index (χ4v) is 5.59. The Hall–Kier alpha value is -3.26. The molecule has 1 aliphatic heterocycles. The Kier molecular flexibility index (Phi) is 5.49. The minimum absolute atomic E-state index is 0.247. The van der Waals surface area contributed by atoms with E-state index in [1.807, 2.05) is 31.2 Å². The third-order valence-corrected chi connectivity index (χ3v) is 7.32. The maximum absolute atomic E-state index is 13.1. The highest BCUT2D eigenvalue weighted by molar-refractivity contribution is 7.93. The van der Waals surface area contributed by atoms with Crippen LogP contribution in [0.1, 0.15) is 12.5 Å². The normalized spacial score (nSPS) is 14.0. The lowest BCUT2D eigenvalue weighted by molar-refractivity contribution is -0.129. The van der Waals surface area contributed by atoms with E-state index in [9.17, 15) is 13.2 Å². The SMILES string of the molecule is CCN(Cc1ccc(OC)c(OC)c1)C(=O)CN1c2cccc3cccc(c23)S1(=O)=O. The van der Waals surface area contributed by atoms with Crippen molar-refractivity contribution < 1.29 is 22.7 Å². The summed E-state index contributed by atoms with van der Waals surface area (Å²) < 4.78 is 38.1. The van der Waals surface area contributed by atoms with Crippen LogP contribution in [0.4, 0.5) is 5.69 Å². The molecule has 0 bridgehead atoms. The second-order valence-corrected chi connectivity index (χ2v) is 9.07. The average molecular weight is 441 g/mol. The van der Waals surface area contributed by atoms with Crippen molar-refractivity contribution in [1.82, 2.24) is 4.90 Å². The van der Waals surface area contributed by atoms with Crippen LogP contribution in [0.15, 0.2) is 59.5 Å². The molecule has 0 radical (unpaired) electrons. The molecule has 3 aromatic carbocycles. The monoisotopic (exact) mass is 440 g/mol. The van der Waals surface area contributed by atoms with Crippen molar-refractivity contribution in [3.05, 3.63) is 60.2 Å². The second-order valence-electron chi connectivity index (χ2n) is 7.24. The van der Waals surface area contributed by atoms with Gasteiger partial charge in [-0.25, -0.2) is 8.42 Å². The fraction of sp³-hybridized carbons (Fsp3) is 0.261. The molecule has 0 aromatic heterocycles. The Bertz CT molecular complexity index is 1250. The highest BCUT2D eigenvalue weighted by Gasteiger charge is 2.37. The van der Waals surface area contributed by atoms with Crippen molar-refractivity contribution in [2.45, 2.75) is 18.4 Å². The van der Waals surface area contributed by atoms with Gasteiger partial charge in [0.15, 0.2) is 11.5 Å². The van der Waals surface area contributed by atoms with Gasteiger partial charge in [-0.15, -0.1) is 0 Å². The summed E-state index contributed by atoms with van der Waals surface area (Å²) in [5.41, 5.74) is 1.41. The number of sulfonamides is 1. The number of carbonyl (C=O) groups excluding carboxylic acids is 1. The number of ether oxygens (including phenoxy) is 2. The van der Waals surface area contributed by atoms with E-state index in [-0.39, 0.29) is 17.3 Å². The third kappa shape index (κ3) is 3.57. The number of hydrogen-bond acceptors (Lipinski definition) is 5. The minimum atomic E-state index is -3.78. The summed E-state index contributed by atoms with van der Waals surface area (Å²) >= 11 is 0. The molecule has 0 saturated heterocycles. The van der Waals surface area contributed by atoms with Crippen molar-refractivity contribution in [2.75, 3.05) is 31.6 Å². The van der Waals surface area contributed by atoms with Gasteiger partial charge in [-0.05, 0) is 42.1 Å². The van der Waals surface area contributed by atoms with Gasteiger partial charge in [0, 0.05) is 18.5 Å². The number of anilines is 1. The summed E-state index contributed by atoms with van der Waals surface area (Å²) in [5, 5.41) is 1.51. The number of carbonyl (C=O) groups is 1. The lowest BCUT2D eigenvalue weighted by atomic mass is 10.1. The summed E-state index contributed by atoms with van der Waals surface area (Å²) in [7, 11) is -0.658. The topological polar surface area (TPSA) is 76.2 Å². The van der Waals surface area contributed by atoms with E-state index in [0.717, 1.165) is 10.9 Å². The van der Waals surface area contributed by atoms with Crippen molar-refractivity contribution >= 4 is 32.4 Å². The summed E-state index contributed by atoms with van der Waals surface area (Å²) in [4.78, 5) is 15.0. The van der Waals surface area contributed by atoms with Crippen molar-refractivity contribution in [3.8, 4) is 11.5 Å². The van der Waals surface area contributed by atoms with E-state index in [0.29, 0.717) is 35.7 Å². The summed E-state index contributed by atoms with van der Waals surface area (Å²) in [6.45, 7) is 2.39. The molecule has 1 amide bonds. The standard InChI is InChI=1S/C23H24N2O5S/c1-4-24(14-16-11-12-19(29-2)20(13-16)30-3)22(26)15-25-18-9-5-7-17-8-6-10-21(23(17)18)31(25,27)28/h5-13H,4,14-15H2,1-3H3. The quantitative estimate of drug-likeness (QED) is 0.563. The zero-order chi connectivity index (χ0) is 22.2. The van der Waals surface area contributed by atoms with Gasteiger partial charge in [-0.1, -0.05) is 30.3 Å².